The van der Waals surface area contributed by atoms with E-state index in [-0.39, 0.29) is 17.9 Å². The molecule has 0 heterocycles. The molecule has 1 amide bonds. The molecule has 22 heavy (non-hydrogen) atoms. The maximum Gasteiger partial charge on any atom is 0.251 e. The molecule has 1 aliphatic carbocycles. The van der Waals surface area contributed by atoms with Crippen molar-refractivity contribution < 1.29 is 9.59 Å². The lowest BCUT2D eigenvalue weighted by molar-refractivity contribution is -0.111. The highest BCUT2D eigenvalue weighted by atomic mass is 35.5. The van der Waals surface area contributed by atoms with Gasteiger partial charge in [-0.25, -0.2) is 0 Å². The van der Waals surface area contributed by atoms with Crippen molar-refractivity contribution in [2.24, 2.45) is 10.9 Å². The highest BCUT2D eigenvalue weighted by molar-refractivity contribution is 6.48. The van der Waals surface area contributed by atoms with Crippen molar-refractivity contribution in [3.63, 3.8) is 0 Å². The van der Waals surface area contributed by atoms with Crippen LogP contribution in [0.2, 0.25) is 0 Å². The summed E-state index contributed by atoms with van der Waals surface area (Å²) in [5.41, 5.74) is 1.72. The van der Waals surface area contributed by atoms with E-state index >= 15 is 0 Å². The molecule has 0 radical (unpaired) electrons. The molecule has 0 unspecified atom stereocenters. The molecule has 0 aromatic heterocycles. The van der Waals surface area contributed by atoms with Crippen LogP contribution in [-0.2, 0) is 4.79 Å². The Balaban J connectivity index is 2.05. The Labute approximate surface area is 135 Å². The van der Waals surface area contributed by atoms with E-state index in [2.05, 4.69) is 23.6 Å². The number of carbonyl (C=O) groups is 2. The molecule has 1 saturated carbocycles. The molecule has 0 aliphatic heterocycles. The van der Waals surface area contributed by atoms with Gasteiger partial charge in [0, 0.05) is 28.1 Å². The standard InChI is InChI=1S/C17H19ClN2O2/c1-11(18)15-8-5-13(9-16(15)19-2)17(22)20-14-6-3-12(10-21)4-7-14/h5,8-10,12,14H,1-4,6-7H2,(H,20,22). The summed E-state index contributed by atoms with van der Waals surface area (Å²) in [7, 11) is 0. The van der Waals surface area contributed by atoms with E-state index in [0.717, 1.165) is 32.0 Å². The molecule has 1 N–H and O–H groups in total. The van der Waals surface area contributed by atoms with Crippen molar-refractivity contribution in [2.45, 2.75) is 31.7 Å². The lowest BCUT2D eigenvalue weighted by Crippen LogP contribution is -2.37. The second kappa shape index (κ2) is 7.36. The average Bonchev–Trinajstić information content (AvgIpc) is 2.54. The Morgan fingerprint density at radius 3 is 2.55 bits per heavy atom. The number of nitrogens with zero attached hydrogens (tertiary/aromatic N) is 1. The van der Waals surface area contributed by atoms with Crippen molar-refractivity contribution in [1.82, 2.24) is 5.32 Å². The van der Waals surface area contributed by atoms with Gasteiger partial charge in [0.2, 0.25) is 0 Å². The van der Waals surface area contributed by atoms with Crippen LogP contribution in [0, 0.1) is 5.92 Å². The molecule has 4 nitrogen and oxygen atoms in total. The van der Waals surface area contributed by atoms with Crippen LogP contribution in [0.25, 0.3) is 5.03 Å². The smallest absolute Gasteiger partial charge is 0.251 e. The highest BCUT2D eigenvalue weighted by Crippen LogP contribution is 2.29. The zero-order chi connectivity index (χ0) is 16.1. The maximum absolute atomic E-state index is 12.3. The number of hydrogen-bond donors (Lipinski definition) is 1. The molecular weight excluding hydrogens is 300 g/mol. The van der Waals surface area contributed by atoms with Crippen LogP contribution in [0.3, 0.4) is 0 Å². The summed E-state index contributed by atoms with van der Waals surface area (Å²) in [6, 6.07) is 5.19. The van der Waals surface area contributed by atoms with Gasteiger partial charge in [-0.05, 0) is 44.5 Å². The number of rotatable bonds is 5. The van der Waals surface area contributed by atoms with E-state index in [1.54, 1.807) is 18.2 Å². The van der Waals surface area contributed by atoms with Crippen molar-refractivity contribution in [2.75, 3.05) is 0 Å². The number of carbonyl (C=O) groups excluding carboxylic acids is 2. The SMILES string of the molecule is C=Nc1cc(C(=O)NC2CCC(C=O)CC2)ccc1C(=C)Cl. The van der Waals surface area contributed by atoms with E-state index in [1.807, 2.05) is 0 Å². The quantitative estimate of drug-likeness (QED) is 0.664. The normalized spacial score (nSPS) is 21.0. The first-order valence-electron chi connectivity index (χ1n) is 7.27. The van der Waals surface area contributed by atoms with Crippen LogP contribution in [0.4, 0.5) is 5.69 Å². The average molecular weight is 319 g/mol. The number of hydrogen-bond acceptors (Lipinski definition) is 3. The lowest BCUT2D eigenvalue weighted by Gasteiger charge is -2.26. The zero-order valence-electron chi connectivity index (χ0n) is 12.3. The molecule has 0 atom stereocenters. The monoisotopic (exact) mass is 318 g/mol. The maximum atomic E-state index is 12.3. The Morgan fingerprint density at radius 1 is 1.32 bits per heavy atom. The van der Waals surface area contributed by atoms with Crippen molar-refractivity contribution in [3.8, 4) is 0 Å². The molecule has 2 rings (SSSR count). The van der Waals surface area contributed by atoms with Gasteiger partial charge in [0.05, 0.1) is 5.69 Å². The number of aliphatic imine (C=N–C) groups is 1. The van der Waals surface area contributed by atoms with Crippen molar-refractivity contribution in [3.05, 3.63) is 35.9 Å². The Bertz CT molecular complexity index is 605. The third kappa shape index (κ3) is 3.83. The van der Waals surface area contributed by atoms with Crippen molar-refractivity contribution >= 4 is 41.2 Å². The third-order valence-corrected chi connectivity index (χ3v) is 4.23. The minimum atomic E-state index is -0.147. The van der Waals surface area contributed by atoms with Gasteiger partial charge in [-0.1, -0.05) is 24.2 Å². The number of amides is 1. The van der Waals surface area contributed by atoms with Crippen LogP contribution >= 0.6 is 11.6 Å². The van der Waals surface area contributed by atoms with E-state index in [1.165, 1.54) is 0 Å². The molecular formula is C17H19ClN2O2. The first-order chi connectivity index (χ1) is 10.5. The van der Waals surface area contributed by atoms with Gasteiger partial charge in [-0.3, -0.25) is 9.79 Å². The fourth-order valence-electron chi connectivity index (χ4n) is 2.70. The van der Waals surface area contributed by atoms with Crippen LogP contribution in [0.1, 0.15) is 41.6 Å². The van der Waals surface area contributed by atoms with Gasteiger partial charge in [-0.15, -0.1) is 0 Å². The van der Waals surface area contributed by atoms with Crippen molar-refractivity contribution in [1.29, 1.82) is 0 Å². The first-order valence-corrected chi connectivity index (χ1v) is 7.64. The second-order valence-electron chi connectivity index (χ2n) is 5.52. The Kier molecular flexibility index (Phi) is 5.50. The second-order valence-corrected chi connectivity index (χ2v) is 5.97. The van der Waals surface area contributed by atoms with Crippen LogP contribution < -0.4 is 5.32 Å². The van der Waals surface area contributed by atoms with Gasteiger partial charge in [0.1, 0.15) is 6.29 Å². The number of nitrogens with one attached hydrogen (secondary N) is 1. The predicted octanol–water partition coefficient (Wildman–Crippen LogP) is 3.72. The van der Waals surface area contributed by atoms with E-state index in [4.69, 9.17) is 11.6 Å². The number of halogens is 1. The summed E-state index contributed by atoms with van der Waals surface area (Å²) in [5, 5.41) is 3.37. The predicted molar refractivity (Wildman–Crippen MR) is 89.8 cm³/mol. The van der Waals surface area contributed by atoms with Gasteiger partial charge in [0.15, 0.2) is 0 Å². The molecule has 1 fully saturated rings. The van der Waals surface area contributed by atoms with Gasteiger partial charge in [0.25, 0.3) is 5.91 Å². The molecule has 5 heteroatoms. The van der Waals surface area contributed by atoms with Crippen LogP contribution in [-0.4, -0.2) is 25.0 Å². The molecule has 1 aliphatic rings. The zero-order valence-corrected chi connectivity index (χ0v) is 13.1. The molecule has 0 spiro atoms. The summed E-state index contributed by atoms with van der Waals surface area (Å²) in [6.45, 7) is 7.16. The summed E-state index contributed by atoms with van der Waals surface area (Å²) >= 11 is 5.89. The van der Waals surface area contributed by atoms with Crippen LogP contribution in [0.15, 0.2) is 29.8 Å². The first kappa shape index (κ1) is 16.4. The van der Waals surface area contributed by atoms with Gasteiger partial charge >= 0.3 is 0 Å². The molecule has 116 valence electrons. The van der Waals surface area contributed by atoms with Gasteiger partial charge in [-0.2, -0.15) is 0 Å². The lowest BCUT2D eigenvalue weighted by atomic mass is 9.87. The summed E-state index contributed by atoms with van der Waals surface area (Å²) in [4.78, 5) is 26.9. The minimum Gasteiger partial charge on any atom is -0.349 e. The van der Waals surface area contributed by atoms with E-state index < -0.39 is 0 Å². The third-order valence-electron chi connectivity index (χ3n) is 4.02. The number of aldehydes is 1. The fraction of sp³-hybridized carbons (Fsp3) is 0.353. The Morgan fingerprint density at radius 2 is 2.00 bits per heavy atom. The summed E-state index contributed by atoms with van der Waals surface area (Å²) in [5.74, 6) is -0.00933. The highest BCUT2D eigenvalue weighted by Gasteiger charge is 2.22. The van der Waals surface area contributed by atoms with Crippen LogP contribution in [0.5, 0.6) is 0 Å². The molecule has 0 saturated heterocycles. The number of benzene rings is 1. The largest absolute Gasteiger partial charge is 0.349 e. The van der Waals surface area contributed by atoms with E-state index in [0.29, 0.717) is 21.8 Å². The van der Waals surface area contributed by atoms with Gasteiger partial charge < -0.3 is 10.1 Å². The van der Waals surface area contributed by atoms with E-state index in [9.17, 15) is 9.59 Å². The molecule has 0 bridgehead atoms. The molecule has 1 aromatic rings. The summed E-state index contributed by atoms with van der Waals surface area (Å²) < 4.78 is 0. The topological polar surface area (TPSA) is 58.5 Å². The molecule has 1 aromatic carbocycles. The minimum absolute atomic E-state index is 0.117. The Hall–Kier alpha value is -1.94. The fourth-order valence-corrected chi connectivity index (χ4v) is 2.86. The summed E-state index contributed by atoms with van der Waals surface area (Å²) in [6.07, 6.45) is 4.34.